The van der Waals surface area contributed by atoms with Crippen LogP contribution in [0.3, 0.4) is 0 Å². The lowest BCUT2D eigenvalue weighted by Crippen LogP contribution is -2.24. The molecule has 8 heteroatoms. The number of anilines is 2. The molecule has 0 saturated heterocycles. The third-order valence-corrected chi connectivity index (χ3v) is 4.60. The highest BCUT2D eigenvalue weighted by Gasteiger charge is 2.15. The van der Waals surface area contributed by atoms with Gasteiger partial charge in [0.2, 0.25) is 5.95 Å². The van der Waals surface area contributed by atoms with E-state index in [0.717, 1.165) is 11.1 Å². The van der Waals surface area contributed by atoms with E-state index in [0.29, 0.717) is 34.9 Å². The topological polar surface area (TPSA) is 105 Å². The smallest absolute Gasteiger partial charge is 0.308 e. The van der Waals surface area contributed by atoms with Crippen LogP contribution in [0.4, 0.5) is 16.3 Å². The van der Waals surface area contributed by atoms with Crippen LogP contribution >= 0.6 is 0 Å². The Labute approximate surface area is 163 Å². The van der Waals surface area contributed by atoms with E-state index in [1.165, 1.54) is 4.68 Å². The molecule has 2 amide bonds. The normalized spacial score (nSPS) is 10.8. The lowest BCUT2D eigenvalue weighted by molar-refractivity contribution is 0.262. The van der Waals surface area contributed by atoms with Crippen molar-refractivity contribution in [3.05, 3.63) is 62.7 Å². The third-order valence-electron chi connectivity index (χ3n) is 4.60. The van der Waals surface area contributed by atoms with Crippen LogP contribution in [-0.4, -0.2) is 25.8 Å². The van der Waals surface area contributed by atoms with Crippen molar-refractivity contribution in [2.24, 2.45) is 0 Å². The van der Waals surface area contributed by atoms with E-state index in [2.05, 4.69) is 25.7 Å². The molecule has 0 bridgehead atoms. The maximum Gasteiger partial charge on any atom is 0.324 e. The monoisotopic (exact) mass is 380 g/mol. The predicted octanol–water partition coefficient (Wildman–Crippen LogP) is 3.40. The molecule has 0 saturated carbocycles. The Bertz CT molecular complexity index is 1100. The molecule has 0 unspecified atom stereocenters. The molecule has 2 aromatic heterocycles. The number of carbonyl (C=O) groups is 1. The van der Waals surface area contributed by atoms with Gasteiger partial charge in [-0.2, -0.15) is 9.78 Å². The molecule has 3 rings (SSSR count). The van der Waals surface area contributed by atoms with Crippen molar-refractivity contribution in [3.63, 3.8) is 0 Å². The molecule has 0 aliphatic heterocycles. The van der Waals surface area contributed by atoms with Gasteiger partial charge in [-0.3, -0.25) is 15.1 Å². The first-order chi connectivity index (χ1) is 13.3. The molecule has 0 atom stereocenters. The molecule has 0 radical (unpaired) electrons. The fraction of sp³-hybridized carbons (Fsp3) is 0.300. The number of aromatic nitrogens is 4. The number of urea groups is 1. The van der Waals surface area contributed by atoms with Gasteiger partial charge in [0.1, 0.15) is 5.82 Å². The van der Waals surface area contributed by atoms with E-state index in [-0.39, 0.29) is 11.5 Å². The van der Waals surface area contributed by atoms with Crippen molar-refractivity contribution in [2.75, 3.05) is 10.6 Å². The minimum Gasteiger partial charge on any atom is -0.308 e. The van der Waals surface area contributed by atoms with Crippen LogP contribution in [0.5, 0.6) is 0 Å². The van der Waals surface area contributed by atoms with Crippen LogP contribution in [0.15, 0.2) is 29.1 Å². The first-order valence-corrected chi connectivity index (χ1v) is 9.10. The van der Waals surface area contributed by atoms with Gasteiger partial charge in [0, 0.05) is 23.0 Å². The maximum absolute atomic E-state index is 12.4. The molecule has 0 aliphatic carbocycles. The van der Waals surface area contributed by atoms with Crippen molar-refractivity contribution in [2.45, 2.75) is 41.0 Å². The number of aromatic amines is 1. The van der Waals surface area contributed by atoms with E-state index in [1.807, 2.05) is 39.0 Å². The van der Waals surface area contributed by atoms with Crippen molar-refractivity contribution < 1.29 is 4.79 Å². The zero-order valence-electron chi connectivity index (χ0n) is 16.7. The highest BCUT2D eigenvalue weighted by atomic mass is 16.2. The van der Waals surface area contributed by atoms with E-state index in [1.54, 1.807) is 19.9 Å². The largest absolute Gasteiger partial charge is 0.324 e. The Morgan fingerprint density at radius 1 is 1.11 bits per heavy atom. The highest BCUT2D eigenvalue weighted by Crippen LogP contribution is 2.17. The summed E-state index contributed by atoms with van der Waals surface area (Å²) in [6.45, 7) is 9.49. The van der Waals surface area contributed by atoms with Crippen LogP contribution in [0.2, 0.25) is 0 Å². The van der Waals surface area contributed by atoms with Crippen LogP contribution in [0.1, 0.15) is 35.0 Å². The number of amides is 2. The Morgan fingerprint density at radius 2 is 1.86 bits per heavy atom. The molecule has 0 aliphatic rings. The summed E-state index contributed by atoms with van der Waals surface area (Å²) in [7, 11) is 0. The van der Waals surface area contributed by atoms with Crippen molar-refractivity contribution >= 4 is 17.5 Å². The summed E-state index contributed by atoms with van der Waals surface area (Å²) < 4.78 is 1.42. The molecule has 2 heterocycles. The number of nitrogens with zero attached hydrogens (tertiary/aromatic N) is 3. The molecule has 3 aromatic rings. The molecule has 146 valence electrons. The summed E-state index contributed by atoms with van der Waals surface area (Å²) in [5.41, 5.74) is 4.69. The van der Waals surface area contributed by atoms with E-state index < -0.39 is 6.03 Å². The number of aryl methyl sites for hydroxylation is 4. The Balaban J connectivity index is 1.87. The molecule has 0 spiro atoms. The zero-order valence-corrected chi connectivity index (χ0v) is 16.7. The third kappa shape index (κ3) is 3.95. The number of rotatable bonds is 4. The molecule has 8 nitrogen and oxygen atoms in total. The number of hydrogen-bond acceptors (Lipinski definition) is 4. The fourth-order valence-electron chi connectivity index (χ4n) is 2.96. The van der Waals surface area contributed by atoms with Gasteiger partial charge in [0.05, 0.1) is 5.69 Å². The number of hydrogen-bond donors (Lipinski definition) is 3. The summed E-state index contributed by atoms with van der Waals surface area (Å²) in [5, 5.41) is 9.92. The molecular weight excluding hydrogens is 356 g/mol. The van der Waals surface area contributed by atoms with Crippen molar-refractivity contribution in [1.29, 1.82) is 0 Å². The number of carbonyl (C=O) groups excluding carboxylic acids is 1. The molecule has 1 aromatic carbocycles. The standard InChI is InChI=1S/C20H24N6O2/c1-6-16-14(5)21-19(24-18(16)27)26-17(10-13(4)25-26)23-20(28)22-15-8-7-11(2)12(3)9-15/h7-10H,6H2,1-5H3,(H,21,24,27)(H2,22,23,28). The second-order valence-corrected chi connectivity index (χ2v) is 6.77. The van der Waals surface area contributed by atoms with Gasteiger partial charge >= 0.3 is 6.03 Å². The molecule has 28 heavy (non-hydrogen) atoms. The second-order valence-electron chi connectivity index (χ2n) is 6.77. The van der Waals surface area contributed by atoms with Gasteiger partial charge < -0.3 is 5.32 Å². The van der Waals surface area contributed by atoms with Gasteiger partial charge in [-0.1, -0.05) is 13.0 Å². The average molecular weight is 380 g/mol. The second kappa shape index (κ2) is 7.67. The predicted molar refractivity (Wildman–Crippen MR) is 109 cm³/mol. The quantitative estimate of drug-likeness (QED) is 0.645. The Morgan fingerprint density at radius 3 is 2.50 bits per heavy atom. The number of H-pyrrole nitrogens is 1. The van der Waals surface area contributed by atoms with E-state index in [4.69, 9.17) is 0 Å². The van der Waals surface area contributed by atoms with Crippen molar-refractivity contribution in [3.8, 4) is 5.95 Å². The first kappa shape index (κ1) is 19.3. The zero-order chi connectivity index (χ0) is 20.4. The van der Waals surface area contributed by atoms with Crippen molar-refractivity contribution in [1.82, 2.24) is 19.7 Å². The van der Waals surface area contributed by atoms with Crippen LogP contribution in [0, 0.1) is 27.7 Å². The molecular formula is C20H24N6O2. The summed E-state index contributed by atoms with van der Waals surface area (Å²) in [5.74, 6) is 0.667. The number of nitrogens with one attached hydrogen (secondary N) is 3. The average Bonchev–Trinajstić information content (AvgIpc) is 2.98. The van der Waals surface area contributed by atoms with E-state index >= 15 is 0 Å². The summed E-state index contributed by atoms with van der Waals surface area (Å²) in [4.78, 5) is 31.9. The lowest BCUT2D eigenvalue weighted by atomic mass is 10.1. The Hall–Kier alpha value is -3.42. The number of benzene rings is 1. The van der Waals surface area contributed by atoms with Crippen LogP contribution in [-0.2, 0) is 6.42 Å². The lowest BCUT2D eigenvalue weighted by Gasteiger charge is -2.11. The summed E-state index contributed by atoms with van der Waals surface area (Å²) in [6.07, 6.45) is 0.593. The summed E-state index contributed by atoms with van der Waals surface area (Å²) in [6, 6.07) is 7.00. The molecule has 0 fully saturated rings. The fourth-order valence-corrected chi connectivity index (χ4v) is 2.96. The maximum atomic E-state index is 12.4. The van der Waals surface area contributed by atoms with Crippen LogP contribution in [0.25, 0.3) is 5.95 Å². The Kier molecular flexibility index (Phi) is 5.30. The SMILES string of the molecule is CCc1c(C)nc(-n2nc(C)cc2NC(=O)Nc2ccc(C)c(C)c2)[nH]c1=O. The first-order valence-electron chi connectivity index (χ1n) is 9.10. The minimum atomic E-state index is -0.409. The van der Waals surface area contributed by atoms with Gasteiger partial charge in [0.15, 0.2) is 0 Å². The van der Waals surface area contributed by atoms with E-state index in [9.17, 15) is 9.59 Å². The van der Waals surface area contributed by atoms with Gasteiger partial charge in [0.25, 0.3) is 5.56 Å². The van der Waals surface area contributed by atoms with Gasteiger partial charge in [-0.25, -0.2) is 9.78 Å². The minimum absolute atomic E-state index is 0.205. The van der Waals surface area contributed by atoms with Crippen LogP contribution < -0.4 is 16.2 Å². The van der Waals surface area contributed by atoms with Gasteiger partial charge in [-0.15, -0.1) is 0 Å². The summed E-state index contributed by atoms with van der Waals surface area (Å²) >= 11 is 0. The van der Waals surface area contributed by atoms with Gasteiger partial charge in [-0.05, 0) is 57.4 Å². The molecule has 3 N–H and O–H groups in total. The highest BCUT2D eigenvalue weighted by molar-refractivity contribution is 5.99.